The summed E-state index contributed by atoms with van der Waals surface area (Å²) in [5, 5.41) is 3.28. The predicted octanol–water partition coefficient (Wildman–Crippen LogP) is 1.82. The number of hydrogen-bond acceptors (Lipinski definition) is 4. The summed E-state index contributed by atoms with van der Waals surface area (Å²) in [5.41, 5.74) is 2.22. The number of ether oxygens (including phenoxy) is 1. The number of carbonyl (C=O) groups is 2. The van der Waals surface area contributed by atoms with Gasteiger partial charge in [0.05, 0.1) is 12.5 Å². The van der Waals surface area contributed by atoms with E-state index >= 15 is 0 Å². The van der Waals surface area contributed by atoms with Crippen LogP contribution in [0.5, 0.6) is 0 Å². The van der Waals surface area contributed by atoms with Gasteiger partial charge in [0.2, 0.25) is 5.91 Å². The molecule has 1 fully saturated rings. The van der Waals surface area contributed by atoms with Gasteiger partial charge in [-0.2, -0.15) is 0 Å². The second kappa shape index (κ2) is 9.57. The van der Waals surface area contributed by atoms with E-state index in [1.807, 2.05) is 36.9 Å². The van der Waals surface area contributed by atoms with E-state index < -0.39 is 0 Å². The van der Waals surface area contributed by atoms with Gasteiger partial charge in [-0.15, -0.1) is 0 Å². The maximum atomic E-state index is 12.7. The van der Waals surface area contributed by atoms with Gasteiger partial charge in [-0.25, -0.2) is 4.99 Å². The lowest BCUT2D eigenvalue weighted by Crippen LogP contribution is -2.47. The summed E-state index contributed by atoms with van der Waals surface area (Å²) < 4.78 is 5.14. The lowest BCUT2D eigenvalue weighted by molar-refractivity contribution is -0.149. The number of benzene rings is 1. The van der Waals surface area contributed by atoms with Crippen LogP contribution >= 0.6 is 0 Å². The number of nitrogens with one attached hydrogen (secondary N) is 1. The standard InChI is InChI=1S/C21H30N4O3/c1-3-22-21(24-12-9-17(10-13-24)20(27)28-4-2)23-15-19(26)25-14-11-16-7-5-6-8-18(16)25/h5-8,17H,3-4,9-15H2,1-2H3,(H,22,23). The molecule has 1 amide bonds. The van der Waals surface area contributed by atoms with Crippen molar-refractivity contribution in [2.45, 2.75) is 33.1 Å². The van der Waals surface area contributed by atoms with Gasteiger partial charge in [0, 0.05) is 31.9 Å². The summed E-state index contributed by atoms with van der Waals surface area (Å²) in [4.78, 5) is 33.2. The second-order valence-corrected chi connectivity index (χ2v) is 7.11. The number of fused-ring (bicyclic) bond motifs is 1. The number of para-hydroxylation sites is 1. The minimum atomic E-state index is -0.105. The molecule has 0 unspecified atom stereocenters. The van der Waals surface area contributed by atoms with Crippen molar-refractivity contribution in [3.8, 4) is 0 Å². The summed E-state index contributed by atoms with van der Waals surface area (Å²) in [5.74, 6) is 0.612. The van der Waals surface area contributed by atoms with Crippen molar-refractivity contribution in [2.24, 2.45) is 10.9 Å². The van der Waals surface area contributed by atoms with E-state index in [0.717, 1.165) is 57.1 Å². The third kappa shape index (κ3) is 4.64. The van der Waals surface area contributed by atoms with Crippen molar-refractivity contribution in [1.29, 1.82) is 0 Å². The Kier molecular flexibility index (Phi) is 6.90. The first-order valence-corrected chi connectivity index (χ1v) is 10.2. The molecular formula is C21H30N4O3. The van der Waals surface area contributed by atoms with E-state index in [2.05, 4.69) is 21.3 Å². The zero-order valence-electron chi connectivity index (χ0n) is 16.8. The number of carbonyl (C=O) groups excluding carboxylic acids is 2. The number of hydrogen-bond donors (Lipinski definition) is 1. The molecule has 0 bridgehead atoms. The lowest BCUT2D eigenvalue weighted by Gasteiger charge is -2.33. The quantitative estimate of drug-likeness (QED) is 0.475. The Hall–Kier alpha value is -2.57. The highest BCUT2D eigenvalue weighted by Gasteiger charge is 2.28. The van der Waals surface area contributed by atoms with E-state index in [1.165, 1.54) is 5.56 Å². The van der Waals surface area contributed by atoms with Crippen molar-refractivity contribution in [2.75, 3.05) is 44.2 Å². The van der Waals surface area contributed by atoms with Gasteiger partial charge in [0.25, 0.3) is 0 Å². The number of aliphatic imine (C=N–C) groups is 1. The van der Waals surface area contributed by atoms with E-state index in [0.29, 0.717) is 6.61 Å². The molecule has 1 saturated heterocycles. The Bertz CT molecular complexity index is 726. The van der Waals surface area contributed by atoms with Gasteiger partial charge in [-0.3, -0.25) is 9.59 Å². The number of esters is 1. The molecular weight excluding hydrogens is 356 g/mol. The van der Waals surface area contributed by atoms with Crippen LogP contribution in [0.3, 0.4) is 0 Å². The number of nitrogens with zero attached hydrogens (tertiary/aromatic N) is 3. The van der Waals surface area contributed by atoms with Gasteiger partial charge >= 0.3 is 5.97 Å². The maximum absolute atomic E-state index is 12.7. The first-order valence-electron chi connectivity index (χ1n) is 10.2. The van der Waals surface area contributed by atoms with E-state index in [-0.39, 0.29) is 24.3 Å². The molecule has 7 nitrogen and oxygen atoms in total. The van der Waals surface area contributed by atoms with Crippen molar-refractivity contribution in [3.05, 3.63) is 29.8 Å². The van der Waals surface area contributed by atoms with Crippen LogP contribution in [0.4, 0.5) is 5.69 Å². The Morgan fingerprint density at radius 1 is 1.18 bits per heavy atom. The average molecular weight is 386 g/mol. The molecule has 1 N–H and O–H groups in total. The normalized spacial score (nSPS) is 17.4. The maximum Gasteiger partial charge on any atom is 0.309 e. The number of likely N-dealkylation sites (tertiary alicyclic amines) is 1. The molecule has 3 rings (SSSR count). The third-order valence-electron chi connectivity index (χ3n) is 5.30. The fourth-order valence-corrected chi connectivity index (χ4v) is 3.84. The van der Waals surface area contributed by atoms with E-state index in [1.54, 1.807) is 0 Å². The van der Waals surface area contributed by atoms with Crippen LogP contribution in [0.15, 0.2) is 29.3 Å². The molecule has 1 aromatic rings. The molecule has 0 aliphatic carbocycles. The van der Waals surface area contributed by atoms with Crippen LogP contribution in [-0.2, 0) is 20.7 Å². The Morgan fingerprint density at radius 2 is 1.93 bits per heavy atom. The second-order valence-electron chi connectivity index (χ2n) is 7.11. The lowest BCUT2D eigenvalue weighted by atomic mass is 9.97. The molecule has 28 heavy (non-hydrogen) atoms. The van der Waals surface area contributed by atoms with Crippen LogP contribution in [0, 0.1) is 5.92 Å². The molecule has 152 valence electrons. The van der Waals surface area contributed by atoms with Crippen molar-refractivity contribution >= 4 is 23.5 Å². The fourth-order valence-electron chi connectivity index (χ4n) is 3.84. The van der Waals surface area contributed by atoms with Crippen LogP contribution in [-0.4, -0.2) is 62.1 Å². The van der Waals surface area contributed by atoms with Crippen LogP contribution in [0.2, 0.25) is 0 Å². The first kappa shape index (κ1) is 20.2. The van der Waals surface area contributed by atoms with Gasteiger partial charge < -0.3 is 19.9 Å². The molecule has 2 heterocycles. The Balaban J connectivity index is 1.59. The number of guanidine groups is 1. The van der Waals surface area contributed by atoms with Crippen molar-refractivity contribution < 1.29 is 14.3 Å². The van der Waals surface area contributed by atoms with Crippen LogP contribution in [0.25, 0.3) is 0 Å². The number of amides is 1. The zero-order chi connectivity index (χ0) is 19.9. The van der Waals surface area contributed by atoms with Crippen molar-refractivity contribution in [3.63, 3.8) is 0 Å². The minimum absolute atomic E-state index is 0.0155. The molecule has 0 spiro atoms. The smallest absolute Gasteiger partial charge is 0.309 e. The SMILES string of the molecule is CCNC(=NCC(=O)N1CCc2ccccc21)N1CCC(C(=O)OCC)CC1. The molecule has 1 aromatic carbocycles. The summed E-state index contributed by atoms with van der Waals surface area (Å²) >= 11 is 0. The van der Waals surface area contributed by atoms with E-state index in [4.69, 9.17) is 4.74 Å². The molecule has 7 heteroatoms. The van der Waals surface area contributed by atoms with Gasteiger partial charge in [-0.05, 0) is 44.7 Å². The van der Waals surface area contributed by atoms with Crippen molar-refractivity contribution in [1.82, 2.24) is 10.2 Å². The highest BCUT2D eigenvalue weighted by molar-refractivity contribution is 5.98. The largest absolute Gasteiger partial charge is 0.466 e. The number of anilines is 1. The average Bonchev–Trinajstić information content (AvgIpc) is 3.15. The third-order valence-corrected chi connectivity index (χ3v) is 5.30. The summed E-state index contributed by atoms with van der Waals surface area (Å²) in [6.07, 6.45) is 2.39. The summed E-state index contributed by atoms with van der Waals surface area (Å²) in [6.45, 7) is 7.30. The molecule has 0 aromatic heterocycles. The molecule has 0 radical (unpaired) electrons. The highest BCUT2D eigenvalue weighted by atomic mass is 16.5. The van der Waals surface area contributed by atoms with Crippen LogP contribution < -0.4 is 10.2 Å². The topological polar surface area (TPSA) is 74.2 Å². The first-order chi connectivity index (χ1) is 13.6. The Morgan fingerprint density at radius 3 is 2.64 bits per heavy atom. The molecule has 2 aliphatic rings. The van der Waals surface area contributed by atoms with E-state index in [9.17, 15) is 9.59 Å². The Labute approximate surface area is 166 Å². The monoisotopic (exact) mass is 386 g/mol. The zero-order valence-corrected chi connectivity index (χ0v) is 16.8. The van der Waals surface area contributed by atoms with Gasteiger partial charge in [-0.1, -0.05) is 18.2 Å². The van der Waals surface area contributed by atoms with Gasteiger partial charge in [0.15, 0.2) is 5.96 Å². The predicted molar refractivity (Wildman–Crippen MR) is 109 cm³/mol. The summed E-state index contributed by atoms with van der Waals surface area (Å²) in [7, 11) is 0. The summed E-state index contributed by atoms with van der Waals surface area (Å²) in [6, 6.07) is 8.04. The molecule has 2 aliphatic heterocycles. The minimum Gasteiger partial charge on any atom is -0.466 e. The highest BCUT2D eigenvalue weighted by Crippen LogP contribution is 2.27. The number of rotatable bonds is 5. The molecule has 0 saturated carbocycles. The van der Waals surface area contributed by atoms with Crippen LogP contribution in [0.1, 0.15) is 32.3 Å². The molecule has 0 atom stereocenters. The fraction of sp³-hybridized carbons (Fsp3) is 0.571. The number of piperidine rings is 1. The van der Waals surface area contributed by atoms with Gasteiger partial charge in [0.1, 0.15) is 6.54 Å².